The molecule has 0 amide bonds. The highest BCUT2D eigenvalue weighted by atomic mass is 16.7. The summed E-state index contributed by atoms with van der Waals surface area (Å²) in [5.41, 5.74) is 0.596. The Morgan fingerprint density at radius 3 is 2.47 bits per heavy atom. The first-order chi connectivity index (χ1) is 8.33. The highest BCUT2D eigenvalue weighted by molar-refractivity contribution is 5.89. The van der Waals surface area contributed by atoms with Gasteiger partial charge in [0.2, 0.25) is 0 Å². The maximum Gasteiger partial charge on any atom is 0.357 e. The minimum Gasteiger partial charge on any atom is -0.369 e. The molecule has 0 bridgehead atoms. The lowest BCUT2D eigenvalue weighted by molar-refractivity contribution is -0.111. The van der Waals surface area contributed by atoms with Crippen molar-refractivity contribution in [2.45, 2.75) is 25.0 Å². The van der Waals surface area contributed by atoms with E-state index in [-0.39, 0.29) is 5.97 Å². The van der Waals surface area contributed by atoms with Crippen LogP contribution in [0.3, 0.4) is 0 Å². The highest BCUT2D eigenvalue weighted by Gasteiger charge is 2.41. The maximum atomic E-state index is 11.8. The van der Waals surface area contributed by atoms with Gasteiger partial charge in [-0.3, -0.25) is 0 Å². The molecule has 0 N–H and O–H groups in total. The van der Waals surface area contributed by atoms with Crippen molar-refractivity contribution in [1.29, 1.82) is 0 Å². The Balaban J connectivity index is 1.57. The third kappa shape index (κ3) is 2.48. The quantitative estimate of drug-likeness (QED) is 0.728. The normalized spacial score (nSPS) is 28.0. The molecular weight excluding hydrogens is 218 g/mol. The van der Waals surface area contributed by atoms with E-state index in [2.05, 4.69) is 0 Å². The summed E-state index contributed by atoms with van der Waals surface area (Å²) in [6.45, 7) is 1.53. The van der Waals surface area contributed by atoms with Gasteiger partial charge < -0.3 is 9.57 Å². The lowest BCUT2D eigenvalue weighted by atomic mass is 10.2. The number of carbonyl (C=O) groups is 1. The maximum absolute atomic E-state index is 11.8. The first kappa shape index (κ1) is 10.7. The van der Waals surface area contributed by atoms with Crippen molar-refractivity contribution >= 4 is 5.97 Å². The van der Waals surface area contributed by atoms with Crippen molar-refractivity contribution in [3.63, 3.8) is 0 Å². The standard InChI is InChI=1S/C13H15NO3/c15-13(10-4-2-1-3-5-10)17-14-8-6-11-12(16-11)7-9-14/h1-5,11-12H,6-9H2. The number of carbonyl (C=O) groups excluding carboxylic acids is 1. The van der Waals surface area contributed by atoms with E-state index in [0.29, 0.717) is 17.8 Å². The van der Waals surface area contributed by atoms with Gasteiger partial charge in [-0.25, -0.2) is 4.79 Å². The molecule has 4 nitrogen and oxygen atoms in total. The second-order valence-electron chi connectivity index (χ2n) is 4.46. The first-order valence-electron chi connectivity index (χ1n) is 6.01. The van der Waals surface area contributed by atoms with E-state index in [9.17, 15) is 4.79 Å². The molecule has 0 spiro atoms. The van der Waals surface area contributed by atoms with E-state index >= 15 is 0 Å². The Hall–Kier alpha value is -1.39. The Labute approximate surface area is 100 Å². The molecule has 2 heterocycles. The van der Waals surface area contributed by atoms with Crippen molar-refractivity contribution in [3.05, 3.63) is 35.9 Å². The second kappa shape index (κ2) is 4.47. The average Bonchev–Trinajstić information content (AvgIpc) is 3.12. The molecule has 3 rings (SSSR count). The van der Waals surface area contributed by atoms with Crippen LogP contribution in [-0.4, -0.2) is 36.3 Å². The molecule has 0 aromatic heterocycles. The summed E-state index contributed by atoms with van der Waals surface area (Å²) in [6.07, 6.45) is 2.70. The van der Waals surface area contributed by atoms with Crippen LogP contribution in [0.5, 0.6) is 0 Å². The van der Waals surface area contributed by atoms with Crippen molar-refractivity contribution in [1.82, 2.24) is 5.06 Å². The number of epoxide rings is 1. The minimum atomic E-state index is -0.276. The fourth-order valence-electron chi connectivity index (χ4n) is 2.18. The molecule has 1 aromatic carbocycles. The van der Waals surface area contributed by atoms with Crippen LogP contribution in [0, 0.1) is 0 Å². The summed E-state index contributed by atoms with van der Waals surface area (Å²) in [5, 5.41) is 1.75. The lowest BCUT2D eigenvalue weighted by Crippen LogP contribution is -2.29. The molecule has 0 saturated carbocycles. The molecule has 2 aliphatic heterocycles. The molecule has 2 unspecified atom stereocenters. The number of benzene rings is 1. The van der Waals surface area contributed by atoms with Crippen LogP contribution in [0.4, 0.5) is 0 Å². The summed E-state index contributed by atoms with van der Waals surface area (Å²) in [4.78, 5) is 17.2. The molecule has 2 aliphatic rings. The van der Waals surface area contributed by atoms with Crippen molar-refractivity contribution < 1.29 is 14.4 Å². The van der Waals surface area contributed by atoms with Crippen LogP contribution >= 0.6 is 0 Å². The van der Waals surface area contributed by atoms with E-state index < -0.39 is 0 Å². The smallest absolute Gasteiger partial charge is 0.357 e. The van der Waals surface area contributed by atoms with Crippen LogP contribution in [0.25, 0.3) is 0 Å². The number of rotatable bonds is 2. The van der Waals surface area contributed by atoms with Gasteiger partial charge in [-0.15, -0.1) is 5.06 Å². The Bertz CT molecular complexity index is 394. The number of ether oxygens (including phenoxy) is 1. The van der Waals surface area contributed by atoms with Gasteiger partial charge in [-0.1, -0.05) is 18.2 Å². The first-order valence-corrected chi connectivity index (χ1v) is 6.01. The Kier molecular flexibility index (Phi) is 2.82. The van der Waals surface area contributed by atoms with E-state index in [1.165, 1.54) is 0 Å². The topological polar surface area (TPSA) is 42.1 Å². The van der Waals surface area contributed by atoms with Gasteiger partial charge in [0.1, 0.15) is 0 Å². The zero-order chi connectivity index (χ0) is 11.7. The Morgan fingerprint density at radius 1 is 1.18 bits per heavy atom. The van der Waals surface area contributed by atoms with E-state index in [1.54, 1.807) is 17.2 Å². The van der Waals surface area contributed by atoms with Gasteiger partial charge in [0, 0.05) is 13.1 Å². The van der Waals surface area contributed by atoms with Crippen LogP contribution < -0.4 is 0 Å². The molecule has 90 valence electrons. The van der Waals surface area contributed by atoms with Crippen LogP contribution in [-0.2, 0) is 9.57 Å². The van der Waals surface area contributed by atoms with Gasteiger partial charge >= 0.3 is 5.97 Å². The van der Waals surface area contributed by atoms with E-state index in [1.807, 2.05) is 18.2 Å². The van der Waals surface area contributed by atoms with E-state index in [0.717, 1.165) is 25.9 Å². The number of hydrogen-bond acceptors (Lipinski definition) is 4. The highest BCUT2D eigenvalue weighted by Crippen LogP contribution is 2.31. The number of hydroxylamine groups is 2. The van der Waals surface area contributed by atoms with Crippen LogP contribution in [0.15, 0.2) is 30.3 Å². The molecule has 4 heteroatoms. The molecule has 2 atom stereocenters. The summed E-state index contributed by atoms with van der Waals surface area (Å²) >= 11 is 0. The molecule has 1 aromatic rings. The van der Waals surface area contributed by atoms with Crippen LogP contribution in [0.2, 0.25) is 0 Å². The van der Waals surface area contributed by atoms with Gasteiger partial charge in [0.05, 0.1) is 17.8 Å². The van der Waals surface area contributed by atoms with E-state index in [4.69, 9.17) is 9.57 Å². The number of fused-ring (bicyclic) bond motifs is 1. The Morgan fingerprint density at radius 2 is 1.82 bits per heavy atom. The summed E-state index contributed by atoms with van der Waals surface area (Å²) < 4.78 is 5.43. The zero-order valence-electron chi connectivity index (χ0n) is 9.54. The number of hydrogen-bond donors (Lipinski definition) is 0. The summed E-state index contributed by atoms with van der Waals surface area (Å²) in [5.74, 6) is -0.276. The summed E-state index contributed by atoms with van der Waals surface area (Å²) in [7, 11) is 0. The molecule has 2 saturated heterocycles. The fourth-order valence-corrected chi connectivity index (χ4v) is 2.18. The minimum absolute atomic E-state index is 0.276. The third-order valence-electron chi connectivity index (χ3n) is 3.24. The number of nitrogens with zero attached hydrogens (tertiary/aromatic N) is 1. The average molecular weight is 233 g/mol. The zero-order valence-corrected chi connectivity index (χ0v) is 9.54. The summed E-state index contributed by atoms with van der Waals surface area (Å²) in [6, 6.07) is 9.08. The molecule has 0 radical (unpaired) electrons. The molecule has 17 heavy (non-hydrogen) atoms. The van der Waals surface area contributed by atoms with Crippen LogP contribution in [0.1, 0.15) is 23.2 Å². The lowest BCUT2D eigenvalue weighted by Gasteiger charge is -2.19. The van der Waals surface area contributed by atoms with Gasteiger partial charge in [0.25, 0.3) is 0 Å². The van der Waals surface area contributed by atoms with Gasteiger partial charge in [-0.2, -0.15) is 0 Å². The molecule has 0 aliphatic carbocycles. The predicted molar refractivity (Wildman–Crippen MR) is 61.3 cm³/mol. The SMILES string of the molecule is O=C(ON1CCC2OC2CC1)c1ccccc1. The fraction of sp³-hybridized carbons (Fsp3) is 0.462. The monoisotopic (exact) mass is 233 g/mol. The molecule has 2 fully saturated rings. The largest absolute Gasteiger partial charge is 0.369 e. The molecular formula is C13H15NO3. The second-order valence-corrected chi connectivity index (χ2v) is 4.46. The van der Waals surface area contributed by atoms with Crippen molar-refractivity contribution in [3.8, 4) is 0 Å². The van der Waals surface area contributed by atoms with Crippen molar-refractivity contribution in [2.75, 3.05) is 13.1 Å². The van der Waals surface area contributed by atoms with Gasteiger partial charge in [0.15, 0.2) is 0 Å². The third-order valence-corrected chi connectivity index (χ3v) is 3.24. The van der Waals surface area contributed by atoms with Crippen molar-refractivity contribution in [2.24, 2.45) is 0 Å². The predicted octanol–water partition coefficient (Wildman–Crippen LogP) is 1.62. The van der Waals surface area contributed by atoms with Gasteiger partial charge in [-0.05, 0) is 25.0 Å².